The van der Waals surface area contributed by atoms with Gasteiger partial charge in [-0.2, -0.15) is 0 Å². The molecule has 2 heterocycles. The average molecular weight is 286 g/mol. The quantitative estimate of drug-likeness (QED) is 0.907. The van der Waals surface area contributed by atoms with Gasteiger partial charge in [0.1, 0.15) is 0 Å². The van der Waals surface area contributed by atoms with Crippen molar-refractivity contribution in [3.8, 4) is 0 Å². The van der Waals surface area contributed by atoms with Gasteiger partial charge < -0.3 is 15.0 Å². The van der Waals surface area contributed by atoms with Crippen LogP contribution in [0.25, 0.3) is 10.9 Å². The van der Waals surface area contributed by atoms with Crippen LogP contribution in [-0.2, 0) is 11.3 Å². The molecule has 112 valence electrons. The van der Waals surface area contributed by atoms with E-state index in [4.69, 9.17) is 4.74 Å². The Balaban J connectivity index is 1.69. The summed E-state index contributed by atoms with van der Waals surface area (Å²) in [6.45, 7) is 4.52. The smallest absolute Gasteiger partial charge is 0.252 e. The number of pyridine rings is 1. The first-order valence-corrected chi connectivity index (χ1v) is 7.66. The molecule has 2 N–H and O–H groups in total. The molecule has 1 aromatic carbocycles. The number of aromatic nitrogens is 1. The third-order valence-corrected chi connectivity index (χ3v) is 4.42. The van der Waals surface area contributed by atoms with Crippen molar-refractivity contribution < 1.29 is 4.74 Å². The minimum Gasteiger partial charge on any atom is -0.381 e. The highest BCUT2D eigenvalue weighted by atomic mass is 16.5. The van der Waals surface area contributed by atoms with Crippen molar-refractivity contribution in [2.45, 2.75) is 32.4 Å². The van der Waals surface area contributed by atoms with Crippen LogP contribution in [0.4, 0.5) is 0 Å². The van der Waals surface area contributed by atoms with Crippen molar-refractivity contribution in [3.05, 3.63) is 46.2 Å². The molecule has 0 aliphatic carbocycles. The molecular weight excluding hydrogens is 264 g/mol. The number of fused-ring (bicyclic) bond motifs is 1. The molecular formula is C17H22N2O2. The Hall–Kier alpha value is -1.65. The molecule has 0 radical (unpaired) electrons. The second kappa shape index (κ2) is 6.41. The van der Waals surface area contributed by atoms with E-state index in [-0.39, 0.29) is 5.56 Å². The van der Waals surface area contributed by atoms with Crippen LogP contribution >= 0.6 is 0 Å². The van der Waals surface area contributed by atoms with Gasteiger partial charge in [-0.1, -0.05) is 18.2 Å². The number of benzene rings is 1. The molecule has 2 aromatic rings. The van der Waals surface area contributed by atoms with Gasteiger partial charge in [0, 0.05) is 36.9 Å². The lowest BCUT2D eigenvalue weighted by Gasteiger charge is -2.28. The molecule has 1 aliphatic heterocycles. The maximum atomic E-state index is 12.1. The van der Waals surface area contributed by atoms with Crippen LogP contribution in [0.5, 0.6) is 0 Å². The number of nitrogens with one attached hydrogen (secondary N) is 2. The summed E-state index contributed by atoms with van der Waals surface area (Å²) in [5.41, 5.74) is 1.69. The van der Waals surface area contributed by atoms with E-state index in [0.29, 0.717) is 18.5 Å². The molecule has 3 rings (SSSR count). The third kappa shape index (κ3) is 3.34. The van der Waals surface area contributed by atoms with Crippen molar-refractivity contribution in [3.63, 3.8) is 0 Å². The Morgan fingerprint density at radius 3 is 2.90 bits per heavy atom. The molecule has 1 aromatic heterocycles. The summed E-state index contributed by atoms with van der Waals surface area (Å²) in [7, 11) is 0. The van der Waals surface area contributed by atoms with Crippen molar-refractivity contribution in [1.82, 2.24) is 10.3 Å². The van der Waals surface area contributed by atoms with E-state index in [1.807, 2.05) is 30.3 Å². The van der Waals surface area contributed by atoms with Crippen LogP contribution in [0.1, 0.15) is 25.3 Å². The molecule has 21 heavy (non-hydrogen) atoms. The van der Waals surface area contributed by atoms with Crippen LogP contribution in [0.2, 0.25) is 0 Å². The molecule has 0 bridgehead atoms. The van der Waals surface area contributed by atoms with Gasteiger partial charge in [0.05, 0.1) is 0 Å². The second-order valence-corrected chi connectivity index (χ2v) is 5.83. The lowest BCUT2D eigenvalue weighted by Crippen LogP contribution is -2.37. The van der Waals surface area contributed by atoms with Gasteiger partial charge in [-0.25, -0.2) is 0 Å². The van der Waals surface area contributed by atoms with Gasteiger partial charge in [-0.3, -0.25) is 4.79 Å². The van der Waals surface area contributed by atoms with Gasteiger partial charge in [0.2, 0.25) is 0 Å². The first-order valence-electron chi connectivity index (χ1n) is 7.66. The number of ether oxygens (including phenoxy) is 1. The Morgan fingerprint density at radius 2 is 2.10 bits per heavy atom. The lowest BCUT2D eigenvalue weighted by molar-refractivity contribution is 0.0558. The summed E-state index contributed by atoms with van der Waals surface area (Å²) in [6.07, 6.45) is 2.20. The van der Waals surface area contributed by atoms with E-state index < -0.39 is 0 Å². The summed E-state index contributed by atoms with van der Waals surface area (Å²) in [6, 6.07) is 10.3. The fourth-order valence-corrected chi connectivity index (χ4v) is 2.98. The number of hydrogen-bond acceptors (Lipinski definition) is 3. The summed E-state index contributed by atoms with van der Waals surface area (Å²) in [4.78, 5) is 15.1. The molecule has 1 aliphatic rings. The van der Waals surface area contributed by atoms with E-state index in [1.54, 1.807) is 0 Å². The SMILES string of the molecule is CC(NCc1cc2ccccc2[nH]c1=O)C1CCOCC1. The number of hydrogen-bond donors (Lipinski definition) is 2. The molecule has 4 nitrogen and oxygen atoms in total. The van der Waals surface area contributed by atoms with Crippen LogP contribution in [0, 0.1) is 5.92 Å². The number of para-hydroxylation sites is 1. The van der Waals surface area contributed by atoms with Gasteiger partial charge in [-0.15, -0.1) is 0 Å². The normalized spacial score (nSPS) is 18.0. The average Bonchev–Trinajstić information content (AvgIpc) is 2.53. The summed E-state index contributed by atoms with van der Waals surface area (Å²) >= 11 is 0. The first-order chi connectivity index (χ1) is 10.2. The fraction of sp³-hybridized carbons (Fsp3) is 0.471. The van der Waals surface area contributed by atoms with E-state index >= 15 is 0 Å². The zero-order valence-corrected chi connectivity index (χ0v) is 12.4. The molecule has 0 spiro atoms. The highest BCUT2D eigenvalue weighted by Crippen LogP contribution is 2.19. The van der Waals surface area contributed by atoms with Gasteiger partial charge >= 0.3 is 0 Å². The Morgan fingerprint density at radius 1 is 1.33 bits per heavy atom. The Labute approximate surface area is 124 Å². The summed E-state index contributed by atoms with van der Waals surface area (Å²) < 4.78 is 5.40. The predicted molar refractivity (Wildman–Crippen MR) is 84.4 cm³/mol. The highest BCUT2D eigenvalue weighted by molar-refractivity contribution is 5.78. The van der Waals surface area contributed by atoms with E-state index in [1.165, 1.54) is 0 Å². The van der Waals surface area contributed by atoms with Crippen LogP contribution < -0.4 is 10.9 Å². The largest absolute Gasteiger partial charge is 0.381 e. The molecule has 1 atom stereocenters. The first kappa shape index (κ1) is 14.3. The predicted octanol–water partition coefficient (Wildman–Crippen LogP) is 2.43. The fourth-order valence-electron chi connectivity index (χ4n) is 2.98. The van der Waals surface area contributed by atoms with Crippen LogP contribution in [-0.4, -0.2) is 24.2 Å². The van der Waals surface area contributed by atoms with Crippen molar-refractivity contribution in [2.24, 2.45) is 5.92 Å². The number of aromatic amines is 1. The monoisotopic (exact) mass is 286 g/mol. The van der Waals surface area contributed by atoms with Gasteiger partial charge in [-0.05, 0) is 43.2 Å². The van der Waals surface area contributed by atoms with Crippen molar-refractivity contribution in [1.29, 1.82) is 0 Å². The maximum Gasteiger partial charge on any atom is 0.252 e. The van der Waals surface area contributed by atoms with Crippen molar-refractivity contribution in [2.75, 3.05) is 13.2 Å². The summed E-state index contributed by atoms with van der Waals surface area (Å²) in [5, 5.41) is 4.58. The molecule has 0 amide bonds. The van der Waals surface area contributed by atoms with E-state index in [2.05, 4.69) is 17.2 Å². The van der Waals surface area contributed by atoms with E-state index in [9.17, 15) is 4.79 Å². The minimum atomic E-state index is 0.000350. The lowest BCUT2D eigenvalue weighted by atomic mass is 9.93. The standard InChI is InChI=1S/C17H22N2O2/c1-12(13-6-8-21-9-7-13)18-11-15-10-14-4-2-3-5-16(14)19-17(15)20/h2-5,10,12-13,18H,6-9,11H2,1H3,(H,19,20). The maximum absolute atomic E-state index is 12.1. The van der Waals surface area contributed by atoms with Gasteiger partial charge in [0.25, 0.3) is 5.56 Å². The second-order valence-electron chi connectivity index (χ2n) is 5.83. The molecule has 1 unspecified atom stereocenters. The molecule has 0 saturated carbocycles. The molecule has 1 fully saturated rings. The van der Waals surface area contributed by atoms with Crippen LogP contribution in [0.15, 0.2) is 35.1 Å². The molecule has 1 saturated heterocycles. The van der Waals surface area contributed by atoms with Crippen molar-refractivity contribution >= 4 is 10.9 Å². The highest BCUT2D eigenvalue weighted by Gasteiger charge is 2.20. The minimum absolute atomic E-state index is 0.000350. The zero-order chi connectivity index (χ0) is 14.7. The van der Waals surface area contributed by atoms with E-state index in [0.717, 1.165) is 42.5 Å². The summed E-state index contributed by atoms with van der Waals surface area (Å²) in [5.74, 6) is 0.637. The topological polar surface area (TPSA) is 54.1 Å². The van der Waals surface area contributed by atoms with Gasteiger partial charge in [0.15, 0.2) is 0 Å². The molecule has 4 heteroatoms. The Bertz CT molecular complexity index is 659. The third-order valence-electron chi connectivity index (χ3n) is 4.42. The zero-order valence-electron chi connectivity index (χ0n) is 12.4. The number of rotatable bonds is 4. The Kier molecular flexibility index (Phi) is 4.36. The number of H-pyrrole nitrogens is 1. The van der Waals surface area contributed by atoms with Crippen LogP contribution in [0.3, 0.4) is 0 Å².